The van der Waals surface area contributed by atoms with Crippen molar-refractivity contribution in [3.63, 3.8) is 0 Å². The highest BCUT2D eigenvalue weighted by atomic mass is 35.5. The molecular formula is C19H12Cl2N2O3S. The zero-order valence-electron chi connectivity index (χ0n) is 13.7. The highest BCUT2D eigenvalue weighted by molar-refractivity contribution is 7.97. The molecule has 1 unspecified atom stereocenters. The Labute approximate surface area is 165 Å². The minimum Gasteiger partial charge on any atom is -0.332 e. The van der Waals surface area contributed by atoms with Gasteiger partial charge in [0.1, 0.15) is 10.4 Å². The van der Waals surface area contributed by atoms with Crippen molar-refractivity contribution in [2.75, 3.05) is 0 Å². The molecule has 8 heteroatoms. The summed E-state index contributed by atoms with van der Waals surface area (Å²) in [6, 6.07) is 15.0. The van der Waals surface area contributed by atoms with E-state index in [1.54, 1.807) is 30.5 Å². The smallest absolute Gasteiger partial charge is 0.254 e. The first kappa shape index (κ1) is 18.0. The van der Waals surface area contributed by atoms with Crippen molar-refractivity contribution in [1.82, 2.24) is 10.3 Å². The van der Waals surface area contributed by atoms with Gasteiger partial charge in [-0.05, 0) is 42.0 Å². The molecule has 1 aliphatic rings. The van der Waals surface area contributed by atoms with Crippen molar-refractivity contribution < 1.29 is 13.2 Å². The lowest BCUT2D eigenvalue weighted by atomic mass is 10.1. The molecule has 2 aromatic carbocycles. The van der Waals surface area contributed by atoms with Crippen LogP contribution in [0.15, 0.2) is 70.6 Å². The van der Waals surface area contributed by atoms with Gasteiger partial charge >= 0.3 is 0 Å². The fraction of sp³-hybridized carbons (Fsp3) is 0.0526. The number of carbonyl (C=O) groups excluding carboxylic acids is 1. The summed E-state index contributed by atoms with van der Waals surface area (Å²) in [5, 5.41) is 3.13. The zero-order valence-corrected chi connectivity index (χ0v) is 16.0. The van der Waals surface area contributed by atoms with Gasteiger partial charge in [-0.15, -0.1) is 0 Å². The predicted octanol–water partition coefficient (Wildman–Crippen LogP) is 4.22. The van der Waals surface area contributed by atoms with E-state index in [1.807, 2.05) is 12.1 Å². The van der Waals surface area contributed by atoms with Gasteiger partial charge in [-0.1, -0.05) is 41.4 Å². The van der Waals surface area contributed by atoms with Crippen LogP contribution in [0.2, 0.25) is 5.02 Å². The number of nitrogens with one attached hydrogen (secondary N) is 1. The van der Waals surface area contributed by atoms with E-state index in [1.165, 1.54) is 18.2 Å². The Hall–Kier alpha value is -2.41. The van der Waals surface area contributed by atoms with Crippen LogP contribution in [-0.2, 0) is 9.84 Å². The molecule has 1 aromatic heterocycles. The fourth-order valence-electron chi connectivity index (χ4n) is 2.83. The van der Waals surface area contributed by atoms with Gasteiger partial charge in [0.2, 0.25) is 9.84 Å². The Morgan fingerprint density at radius 1 is 1.07 bits per heavy atom. The third kappa shape index (κ3) is 3.20. The topological polar surface area (TPSA) is 76.1 Å². The first-order chi connectivity index (χ1) is 12.9. The summed E-state index contributed by atoms with van der Waals surface area (Å²) in [5.74, 6) is -0.553. The maximum Gasteiger partial charge on any atom is 0.254 e. The third-order valence-corrected chi connectivity index (χ3v) is 6.60. The van der Waals surface area contributed by atoms with Crippen molar-refractivity contribution in [1.29, 1.82) is 0 Å². The second-order valence-corrected chi connectivity index (χ2v) is 8.63. The van der Waals surface area contributed by atoms with Gasteiger partial charge in [-0.25, -0.2) is 8.42 Å². The van der Waals surface area contributed by atoms with Crippen LogP contribution in [0.4, 0.5) is 0 Å². The number of benzene rings is 2. The molecule has 0 radical (unpaired) electrons. The zero-order chi connectivity index (χ0) is 19.2. The van der Waals surface area contributed by atoms with Crippen LogP contribution in [0.25, 0.3) is 11.3 Å². The van der Waals surface area contributed by atoms with E-state index in [0.29, 0.717) is 21.8 Å². The van der Waals surface area contributed by atoms with Crippen molar-refractivity contribution in [2.24, 2.45) is 0 Å². The summed E-state index contributed by atoms with van der Waals surface area (Å²) < 4.78 is 23.6. The van der Waals surface area contributed by atoms with Crippen LogP contribution in [0.5, 0.6) is 0 Å². The molecule has 27 heavy (non-hydrogen) atoms. The van der Waals surface area contributed by atoms with Crippen molar-refractivity contribution in [3.05, 3.63) is 76.9 Å². The summed E-state index contributed by atoms with van der Waals surface area (Å²) in [6.45, 7) is 0. The third-order valence-electron chi connectivity index (χ3n) is 4.22. The van der Waals surface area contributed by atoms with E-state index >= 15 is 0 Å². The maximum absolute atomic E-state index is 12.5. The molecule has 1 aliphatic heterocycles. The summed E-state index contributed by atoms with van der Waals surface area (Å²) in [6.07, 6.45) is 1.66. The molecule has 0 saturated heterocycles. The average Bonchev–Trinajstić information content (AvgIpc) is 3.24. The summed E-state index contributed by atoms with van der Waals surface area (Å²) in [4.78, 5) is 17.0. The number of pyridine rings is 1. The van der Waals surface area contributed by atoms with Crippen LogP contribution in [0, 0.1) is 0 Å². The number of amides is 1. The molecule has 0 fully saturated rings. The quantitative estimate of drug-likeness (QED) is 0.305. The average molecular weight is 419 g/mol. The minimum atomic E-state index is -3.43. The van der Waals surface area contributed by atoms with E-state index < -0.39 is 21.2 Å². The number of aromatic nitrogens is 1. The van der Waals surface area contributed by atoms with Crippen molar-refractivity contribution in [2.45, 2.75) is 15.3 Å². The van der Waals surface area contributed by atoms with E-state index in [2.05, 4.69) is 10.3 Å². The normalized spacial score (nSPS) is 14.9. The molecule has 5 nitrogen and oxygen atoms in total. The second-order valence-electron chi connectivity index (χ2n) is 5.93. The summed E-state index contributed by atoms with van der Waals surface area (Å²) >= 11 is 12.6. The van der Waals surface area contributed by atoms with Gasteiger partial charge in [-0.3, -0.25) is 9.78 Å². The highest BCUT2D eigenvalue weighted by Crippen LogP contribution is 2.42. The first-order valence-electron chi connectivity index (χ1n) is 7.93. The van der Waals surface area contributed by atoms with Gasteiger partial charge in [0, 0.05) is 16.8 Å². The van der Waals surface area contributed by atoms with Crippen LogP contribution >= 0.6 is 23.2 Å². The number of alkyl halides is 1. The Kier molecular flexibility index (Phi) is 4.42. The fourth-order valence-corrected chi connectivity index (χ4v) is 4.79. The lowest BCUT2D eigenvalue weighted by molar-refractivity contribution is 0.0945. The van der Waals surface area contributed by atoms with E-state index in [4.69, 9.17) is 23.2 Å². The highest BCUT2D eigenvalue weighted by Gasteiger charge is 2.43. The van der Waals surface area contributed by atoms with E-state index in [9.17, 15) is 13.2 Å². The monoisotopic (exact) mass is 418 g/mol. The SMILES string of the molecule is O=C(NC(Cl)c1ccc(Cl)c(-c2ccccn2)c1)c1cccc2c1S2(=O)=O. The molecule has 1 N–H and O–H groups in total. The van der Waals surface area contributed by atoms with Crippen LogP contribution in [0.1, 0.15) is 21.4 Å². The molecule has 136 valence electrons. The number of rotatable bonds is 4. The van der Waals surface area contributed by atoms with Gasteiger partial charge in [0.25, 0.3) is 5.91 Å². The molecule has 1 atom stereocenters. The van der Waals surface area contributed by atoms with Crippen LogP contribution in [-0.4, -0.2) is 19.3 Å². The molecule has 0 saturated carbocycles. The predicted molar refractivity (Wildman–Crippen MR) is 103 cm³/mol. The largest absolute Gasteiger partial charge is 0.332 e. The number of fused-ring (bicyclic) bond motifs is 1. The Morgan fingerprint density at radius 2 is 1.89 bits per heavy atom. The van der Waals surface area contributed by atoms with Gasteiger partial charge in [0.15, 0.2) is 0 Å². The van der Waals surface area contributed by atoms with E-state index in [-0.39, 0.29) is 15.4 Å². The van der Waals surface area contributed by atoms with Crippen LogP contribution in [0.3, 0.4) is 0 Å². The number of hydrogen-bond acceptors (Lipinski definition) is 4. The number of sulfone groups is 1. The molecule has 2 heterocycles. The number of nitrogens with zero attached hydrogens (tertiary/aromatic N) is 1. The molecular weight excluding hydrogens is 407 g/mol. The molecule has 1 amide bonds. The molecule has 0 bridgehead atoms. The summed E-state index contributed by atoms with van der Waals surface area (Å²) in [5.41, 5.74) is 1.20. The number of carbonyl (C=O) groups is 1. The van der Waals surface area contributed by atoms with E-state index in [0.717, 1.165) is 0 Å². The van der Waals surface area contributed by atoms with Gasteiger partial charge < -0.3 is 5.32 Å². The second kappa shape index (κ2) is 6.64. The van der Waals surface area contributed by atoms with Crippen LogP contribution < -0.4 is 5.32 Å². The maximum atomic E-state index is 12.5. The standard InChI is InChI=1S/C19H12Cl2N2O3S/c20-14-8-7-11(10-13(14)15-5-1-2-9-22-15)18(21)23-19(24)12-4-3-6-16-17(12)27(16,25)26/h1-10,18H,(H,23,24). The van der Waals surface area contributed by atoms with Crippen molar-refractivity contribution >= 4 is 38.9 Å². The molecule has 0 aliphatic carbocycles. The summed E-state index contributed by atoms with van der Waals surface area (Å²) in [7, 11) is -3.43. The number of hydrogen-bond donors (Lipinski definition) is 1. The Bertz CT molecular complexity index is 1160. The van der Waals surface area contributed by atoms with Crippen molar-refractivity contribution in [3.8, 4) is 11.3 Å². The van der Waals surface area contributed by atoms with Gasteiger partial charge in [0.05, 0.1) is 16.2 Å². The molecule has 4 rings (SSSR count). The Balaban J connectivity index is 1.60. The molecule has 0 spiro atoms. The Morgan fingerprint density at radius 3 is 2.63 bits per heavy atom. The lowest BCUT2D eigenvalue weighted by Crippen LogP contribution is -2.25. The first-order valence-corrected chi connectivity index (χ1v) is 10.2. The lowest BCUT2D eigenvalue weighted by Gasteiger charge is -2.14. The molecule has 3 aromatic rings. The number of halogens is 2. The van der Waals surface area contributed by atoms with Gasteiger partial charge in [-0.2, -0.15) is 0 Å². The minimum absolute atomic E-state index is 0.0663.